The van der Waals surface area contributed by atoms with E-state index in [2.05, 4.69) is 16.3 Å². The summed E-state index contributed by atoms with van der Waals surface area (Å²) in [6, 6.07) is 5.56. The summed E-state index contributed by atoms with van der Waals surface area (Å²) in [7, 11) is 0. The molecular formula is C18H20N4O4. The van der Waals surface area contributed by atoms with Gasteiger partial charge >= 0.3 is 5.97 Å². The molecule has 0 aromatic carbocycles. The first-order valence-electron chi connectivity index (χ1n) is 8.10. The van der Waals surface area contributed by atoms with Gasteiger partial charge in [0.1, 0.15) is 29.8 Å². The lowest BCUT2D eigenvalue weighted by Gasteiger charge is -2.26. The van der Waals surface area contributed by atoms with E-state index in [1.165, 1.54) is 6.92 Å². The molecule has 0 saturated carbocycles. The van der Waals surface area contributed by atoms with Crippen molar-refractivity contribution >= 4 is 5.97 Å². The molecule has 136 valence electrons. The first kappa shape index (κ1) is 17.6. The number of nitrogens with one attached hydrogen (secondary N) is 1. The first-order valence-corrected chi connectivity index (χ1v) is 8.10. The second-order valence-corrected chi connectivity index (χ2v) is 7.08. The molecule has 0 fully saturated rings. The lowest BCUT2D eigenvalue weighted by molar-refractivity contribution is -0.142. The molecule has 0 saturated heterocycles. The molecule has 8 heteroatoms. The summed E-state index contributed by atoms with van der Waals surface area (Å²) in [5.41, 5.74) is 7.46. The molecule has 0 radical (unpaired) electrons. The van der Waals surface area contributed by atoms with E-state index in [9.17, 15) is 10.1 Å². The van der Waals surface area contributed by atoms with Crippen molar-refractivity contribution in [1.82, 2.24) is 10.2 Å². The number of furan rings is 1. The molecule has 0 unspecified atom stereocenters. The van der Waals surface area contributed by atoms with E-state index in [4.69, 9.17) is 19.6 Å². The van der Waals surface area contributed by atoms with Crippen molar-refractivity contribution in [2.45, 2.75) is 45.6 Å². The molecule has 0 aliphatic carbocycles. The van der Waals surface area contributed by atoms with Crippen LogP contribution in [-0.4, -0.2) is 16.2 Å². The Morgan fingerprint density at radius 2 is 2.19 bits per heavy atom. The number of esters is 1. The van der Waals surface area contributed by atoms with Gasteiger partial charge in [-0.15, -0.1) is 5.10 Å². The third-order valence-corrected chi connectivity index (χ3v) is 4.07. The number of aromatic nitrogens is 2. The maximum absolute atomic E-state index is 11.0. The summed E-state index contributed by atoms with van der Waals surface area (Å²) < 4.78 is 16.3. The van der Waals surface area contributed by atoms with Crippen LogP contribution in [-0.2, 0) is 21.6 Å². The van der Waals surface area contributed by atoms with Gasteiger partial charge < -0.3 is 19.6 Å². The molecule has 1 aliphatic heterocycles. The van der Waals surface area contributed by atoms with Crippen LogP contribution >= 0.6 is 0 Å². The number of fused-ring (bicyclic) bond motifs is 1. The zero-order valence-electron chi connectivity index (χ0n) is 15.0. The largest absolute Gasteiger partial charge is 0.461 e. The molecule has 26 heavy (non-hydrogen) atoms. The standard InChI is InChI=1S/C18H20N4O4/c1-9(23)24-8-10-5-6-12(25-10)13-11(7-19)16(20)26-17-14(13)15(21-22-17)18(2,3)4/h5-6,13H,8,20H2,1-4H3,(H,21,22)/t13-/m1/s1. The van der Waals surface area contributed by atoms with Crippen molar-refractivity contribution in [3.05, 3.63) is 46.4 Å². The number of rotatable bonds is 3. The fraction of sp³-hybridized carbons (Fsp3) is 0.389. The van der Waals surface area contributed by atoms with Gasteiger partial charge in [0, 0.05) is 18.0 Å². The van der Waals surface area contributed by atoms with E-state index in [1.54, 1.807) is 12.1 Å². The highest BCUT2D eigenvalue weighted by Crippen LogP contribution is 2.45. The van der Waals surface area contributed by atoms with Crippen molar-refractivity contribution in [1.29, 1.82) is 5.26 Å². The number of nitrogens with two attached hydrogens (primary N) is 1. The van der Waals surface area contributed by atoms with Gasteiger partial charge in [-0.05, 0) is 12.1 Å². The third-order valence-electron chi connectivity index (χ3n) is 4.07. The molecule has 1 atom stereocenters. The first-order chi connectivity index (χ1) is 12.2. The van der Waals surface area contributed by atoms with Crippen LogP contribution in [0, 0.1) is 11.3 Å². The molecule has 8 nitrogen and oxygen atoms in total. The molecule has 0 amide bonds. The van der Waals surface area contributed by atoms with Crippen molar-refractivity contribution in [3.8, 4) is 11.9 Å². The predicted octanol–water partition coefficient (Wildman–Crippen LogP) is 2.58. The molecule has 2 aromatic rings. The molecule has 3 N–H and O–H groups in total. The Hall–Kier alpha value is -3.21. The Balaban J connectivity index is 2.09. The van der Waals surface area contributed by atoms with Gasteiger partial charge in [0.05, 0.1) is 11.5 Å². The fourth-order valence-electron chi connectivity index (χ4n) is 2.90. The number of hydrogen-bond acceptors (Lipinski definition) is 7. The highest BCUT2D eigenvalue weighted by Gasteiger charge is 2.39. The molecule has 0 spiro atoms. The average molecular weight is 356 g/mol. The number of carbonyl (C=O) groups is 1. The van der Waals surface area contributed by atoms with Crippen molar-refractivity contribution < 1.29 is 18.7 Å². The normalized spacial score (nSPS) is 16.7. The van der Waals surface area contributed by atoms with Gasteiger partial charge in [-0.2, -0.15) is 5.26 Å². The lowest BCUT2D eigenvalue weighted by atomic mass is 9.81. The number of nitriles is 1. The minimum atomic E-state index is -0.553. The van der Waals surface area contributed by atoms with Crippen molar-refractivity contribution in [3.63, 3.8) is 0 Å². The summed E-state index contributed by atoms with van der Waals surface area (Å²) in [6.45, 7) is 7.43. The molecule has 3 rings (SSSR count). The molecule has 0 bridgehead atoms. The van der Waals surface area contributed by atoms with Crippen LogP contribution in [0.4, 0.5) is 0 Å². The summed E-state index contributed by atoms with van der Waals surface area (Å²) in [5.74, 6) is 0.345. The molecular weight excluding hydrogens is 336 g/mol. The van der Waals surface area contributed by atoms with Gasteiger partial charge in [0.15, 0.2) is 0 Å². The number of allylic oxidation sites excluding steroid dienone is 1. The van der Waals surface area contributed by atoms with E-state index in [1.807, 2.05) is 20.8 Å². The van der Waals surface area contributed by atoms with Crippen LogP contribution in [0.15, 0.2) is 28.0 Å². The Morgan fingerprint density at radius 3 is 2.81 bits per heavy atom. The van der Waals surface area contributed by atoms with Crippen LogP contribution in [0.25, 0.3) is 0 Å². The molecule has 3 heterocycles. The zero-order chi connectivity index (χ0) is 19.1. The number of aromatic amines is 1. The number of H-pyrrole nitrogens is 1. The van der Waals surface area contributed by atoms with E-state index < -0.39 is 11.9 Å². The highest BCUT2D eigenvalue weighted by atomic mass is 16.5. The van der Waals surface area contributed by atoms with Crippen molar-refractivity contribution in [2.75, 3.05) is 0 Å². The SMILES string of the molecule is CC(=O)OCc1ccc([C@H]2C(C#N)=C(N)Oc3n[nH]c(C(C)(C)C)c32)o1. The second kappa shape index (κ2) is 6.26. The quantitative estimate of drug-likeness (QED) is 0.809. The van der Waals surface area contributed by atoms with Gasteiger partial charge in [-0.3, -0.25) is 9.89 Å². The maximum atomic E-state index is 11.0. The van der Waals surface area contributed by atoms with Gasteiger partial charge in [0.25, 0.3) is 0 Å². The highest BCUT2D eigenvalue weighted by molar-refractivity contribution is 5.65. The lowest BCUT2D eigenvalue weighted by Crippen LogP contribution is -2.23. The summed E-state index contributed by atoms with van der Waals surface area (Å²) in [5, 5.41) is 16.8. The third kappa shape index (κ3) is 3.04. The van der Waals surface area contributed by atoms with E-state index >= 15 is 0 Å². The topological polar surface area (TPSA) is 127 Å². The van der Waals surface area contributed by atoms with Gasteiger partial charge in [-0.1, -0.05) is 20.8 Å². The summed E-state index contributed by atoms with van der Waals surface area (Å²) in [6.07, 6.45) is 0. The van der Waals surface area contributed by atoms with Gasteiger partial charge in [0.2, 0.25) is 11.8 Å². The second-order valence-electron chi connectivity index (χ2n) is 7.08. The smallest absolute Gasteiger partial charge is 0.303 e. The number of nitrogens with zero attached hydrogens (tertiary/aromatic N) is 2. The zero-order valence-corrected chi connectivity index (χ0v) is 15.0. The fourth-order valence-corrected chi connectivity index (χ4v) is 2.90. The Bertz CT molecular complexity index is 924. The van der Waals surface area contributed by atoms with E-state index in [0.29, 0.717) is 17.4 Å². The van der Waals surface area contributed by atoms with Crippen LogP contribution in [0.1, 0.15) is 56.4 Å². The Kier molecular flexibility index (Phi) is 4.24. The predicted molar refractivity (Wildman–Crippen MR) is 90.8 cm³/mol. The number of carbonyl (C=O) groups excluding carboxylic acids is 1. The van der Waals surface area contributed by atoms with Crippen LogP contribution in [0.2, 0.25) is 0 Å². The molecule has 1 aliphatic rings. The summed E-state index contributed by atoms with van der Waals surface area (Å²) >= 11 is 0. The number of hydrogen-bond donors (Lipinski definition) is 2. The van der Waals surface area contributed by atoms with Crippen LogP contribution < -0.4 is 10.5 Å². The summed E-state index contributed by atoms with van der Waals surface area (Å²) in [4.78, 5) is 11.0. The Labute approximate surface area is 150 Å². The van der Waals surface area contributed by atoms with Crippen LogP contribution in [0.5, 0.6) is 5.88 Å². The monoisotopic (exact) mass is 356 g/mol. The minimum absolute atomic E-state index is 0.00473. The maximum Gasteiger partial charge on any atom is 0.303 e. The Morgan fingerprint density at radius 1 is 1.46 bits per heavy atom. The van der Waals surface area contributed by atoms with Crippen molar-refractivity contribution in [2.24, 2.45) is 5.73 Å². The van der Waals surface area contributed by atoms with E-state index in [0.717, 1.165) is 11.3 Å². The number of ether oxygens (including phenoxy) is 2. The molecule has 2 aromatic heterocycles. The van der Waals surface area contributed by atoms with E-state index in [-0.39, 0.29) is 23.5 Å². The van der Waals surface area contributed by atoms with Crippen LogP contribution in [0.3, 0.4) is 0 Å². The average Bonchev–Trinajstić information content (AvgIpc) is 3.17. The van der Waals surface area contributed by atoms with Gasteiger partial charge in [-0.25, -0.2) is 0 Å². The minimum Gasteiger partial charge on any atom is -0.461 e.